The molecule has 0 nitrogen and oxygen atoms in total. The summed E-state index contributed by atoms with van der Waals surface area (Å²) >= 11 is 5.20. The van der Waals surface area contributed by atoms with E-state index in [9.17, 15) is 4.39 Å². The number of thioether (sulfide) groups is 1. The molecule has 0 radical (unpaired) electrons. The van der Waals surface area contributed by atoms with Crippen molar-refractivity contribution in [3.8, 4) is 0 Å². The van der Waals surface area contributed by atoms with E-state index in [0.29, 0.717) is 5.25 Å². The zero-order valence-corrected chi connectivity index (χ0v) is 10.1. The summed E-state index contributed by atoms with van der Waals surface area (Å²) in [6.45, 7) is 4.31. The molecule has 0 fully saturated rings. The predicted molar refractivity (Wildman–Crippen MR) is 60.5 cm³/mol. The molecule has 0 spiro atoms. The summed E-state index contributed by atoms with van der Waals surface area (Å²) in [5.74, 6) is 0.739. The number of halogens is 2. The van der Waals surface area contributed by atoms with Crippen LogP contribution in [0.4, 0.5) is 4.39 Å². The van der Waals surface area contributed by atoms with Crippen LogP contribution in [-0.4, -0.2) is 5.25 Å². The normalized spacial score (nSPS) is 10.8. The Morgan fingerprint density at radius 3 is 2.69 bits per heavy atom. The number of hydrogen-bond donors (Lipinski definition) is 0. The number of hydrogen-bond acceptors (Lipinski definition) is 1. The molecule has 0 aromatic heterocycles. The minimum atomic E-state index is -0.190. The third-order valence-corrected chi connectivity index (χ3v) is 3.47. The lowest BCUT2D eigenvalue weighted by Gasteiger charge is -2.06. The third-order valence-electron chi connectivity index (χ3n) is 1.59. The van der Waals surface area contributed by atoms with Crippen LogP contribution in [0, 0.1) is 5.82 Å². The average Bonchev–Trinajstić information content (AvgIpc) is 2.02. The average molecular weight is 263 g/mol. The molecule has 0 heterocycles. The van der Waals surface area contributed by atoms with Gasteiger partial charge in [0.1, 0.15) is 5.82 Å². The molecule has 0 saturated heterocycles. The van der Waals surface area contributed by atoms with Crippen molar-refractivity contribution in [1.29, 1.82) is 0 Å². The van der Waals surface area contributed by atoms with Gasteiger partial charge in [0.2, 0.25) is 0 Å². The molecule has 72 valence electrons. The van der Waals surface area contributed by atoms with E-state index in [1.807, 2.05) is 17.8 Å². The molecular formula is C10H12BrFS. The molecule has 13 heavy (non-hydrogen) atoms. The van der Waals surface area contributed by atoms with Gasteiger partial charge < -0.3 is 0 Å². The molecule has 1 aromatic rings. The molecule has 0 N–H and O–H groups in total. The van der Waals surface area contributed by atoms with Crippen molar-refractivity contribution in [1.82, 2.24) is 0 Å². The van der Waals surface area contributed by atoms with Crippen molar-refractivity contribution < 1.29 is 4.39 Å². The summed E-state index contributed by atoms with van der Waals surface area (Å²) in [6.07, 6.45) is 0. The van der Waals surface area contributed by atoms with Crippen LogP contribution in [-0.2, 0) is 5.75 Å². The van der Waals surface area contributed by atoms with Crippen molar-refractivity contribution in [2.75, 3.05) is 0 Å². The molecule has 3 heteroatoms. The van der Waals surface area contributed by atoms with E-state index in [0.717, 1.165) is 15.8 Å². The first-order valence-corrected chi connectivity index (χ1v) is 5.99. The van der Waals surface area contributed by atoms with Gasteiger partial charge in [-0.2, -0.15) is 11.8 Å². The van der Waals surface area contributed by atoms with Crippen molar-refractivity contribution in [3.63, 3.8) is 0 Å². The molecule has 1 aromatic carbocycles. The van der Waals surface area contributed by atoms with Crippen LogP contribution in [0.1, 0.15) is 19.4 Å². The number of rotatable bonds is 3. The first kappa shape index (κ1) is 11.1. The molecule has 0 aliphatic heterocycles. The van der Waals surface area contributed by atoms with Crippen LogP contribution in [0.3, 0.4) is 0 Å². The maximum absolute atomic E-state index is 12.7. The van der Waals surface area contributed by atoms with Crippen LogP contribution in [0.15, 0.2) is 22.7 Å². The summed E-state index contributed by atoms with van der Waals surface area (Å²) in [5.41, 5.74) is 1.15. The van der Waals surface area contributed by atoms with Crippen molar-refractivity contribution in [2.24, 2.45) is 0 Å². The third kappa shape index (κ3) is 3.69. The Labute approximate surface area is 91.0 Å². The predicted octanol–water partition coefficient (Wildman–Crippen LogP) is 4.23. The standard InChI is InChI=1S/C10H12BrFS/c1-7(2)13-6-8-3-4-9(12)5-10(8)11/h3-5,7H,6H2,1-2H3. The molecule has 0 unspecified atom stereocenters. The van der Waals surface area contributed by atoms with Gasteiger partial charge in [-0.25, -0.2) is 4.39 Å². The first-order chi connectivity index (χ1) is 6.09. The number of benzene rings is 1. The van der Waals surface area contributed by atoms with Crippen LogP contribution in [0.5, 0.6) is 0 Å². The van der Waals surface area contributed by atoms with E-state index < -0.39 is 0 Å². The fourth-order valence-electron chi connectivity index (χ4n) is 0.895. The Balaban J connectivity index is 2.67. The smallest absolute Gasteiger partial charge is 0.124 e. The van der Waals surface area contributed by atoms with Crippen molar-refractivity contribution >= 4 is 27.7 Å². The lowest BCUT2D eigenvalue weighted by molar-refractivity contribution is 0.626. The zero-order chi connectivity index (χ0) is 9.84. The summed E-state index contributed by atoms with van der Waals surface area (Å²) in [7, 11) is 0. The summed E-state index contributed by atoms with van der Waals surface area (Å²) < 4.78 is 13.6. The van der Waals surface area contributed by atoms with Crippen molar-refractivity contribution in [3.05, 3.63) is 34.1 Å². The van der Waals surface area contributed by atoms with Gasteiger partial charge in [-0.3, -0.25) is 0 Å². The highest BCUT2D eigenvalue weighted by Crippen LogP contribution is 2.24. The van der Waals surface area contributed by atoms with E-state index in [2.05, 4.69) is 29.8 Å². The Kier molecular flexibility index (Phi) is 4.26. The Hall–Kier alpha value is -0.0200. The minimum Gasteiger partial charge on any atom is -0.207 e. The Bertz CT molecular complexity index is 286. The van der Waals surface area contributed by atoms with Gasteiger partial charge in [-0.15, -0.1) is 0 Å². The van der Waals surface area contributed by atoms with Crippen LogP contribution in [0.25, 0.3) is 0 Å². The molecule has 0 bridgehead atoms. The quantitative estimate of drug-likeness (QED) is 0.786. The highest BCUT2D eigenvalue weighted by atomic mass is 79.9. The molecule has 0 aliphatic rings. The van der Waals surface area contributed by atoms with Crippen LogP contribution in [0.2, 0.25) is 0 Å². The Morgan fingerprint density at radius 2 is 2.15 bits per heavy atom. The molecular weight excluding hydrogens is 251 g/mol. The second kappa shape index (κ2) is 5.01. The van der Waals surface area contributed by atoms with E-state index in [4.69, 9.17) is 0 Å². The SMILES string of the molecule is CC(C)SCc1ccc(F)cc1Br. The van der Waals surface area contributed by atoms with E-state index >= 15 is 0 Å². The van der Waals surface area contributed by atoms with Gasteiger partial charge in [-0.1, -0.05) is 35.8 Å². The first-order valence-electron chi connectivity index (χ1n) is 4.15. The lowest BCUT2D eigenvalue weighted by Crippen LogP contribution is -1.90. The molecule has 0 saturated carbocycles. The zero-order valence-electron chi connectivity index (χ0n) is 7.68. The second-order valence-electron chi connectivity index (χ2n) is 3.10. The van der Waals surface area contributed by atoms with Crippen LogP contribution < -0.4 is 0 Å². The summed E-state index contributed by atoms with van der Waals surface area (Å²) in [5, 5.41) is 0.608. The van der Waals surface area contributed by atoms with Gasteiger partial charge in [0.15, 0.2) is 0 Å². The van der Waals surface area contributed by atoms with E-state index in [1.165, 1.54) is 12.1 Å². The highest BCUT2D eigenvalue weighted by Gasteiger charge is 2.02. The van der Waals surface area contributed by atoms with E-state index in [-0.39, 0.29) is 5.82 Å². The highest BCUT2D eigenvalue weighted by molar-refractivity contribution is 9.10. The van der Waals surface area contributed by atoms with Gasteiger partial charge in [0.05, 0.1) is 0 Å². The largest absolute Gasteiger partial charge is 0.207 e. The lowest BCUT2D eigenvalue weighted by atomic mass is 10.2. The maximum atomic E-state index is 12.7. The van der Waals surface area contributed by atoms with E-state index in [1.54, 1.807) is 0 Å². The molecule has 0 atom stereocenters. The fraction of sp³-hybridized carbons (Fsp3) is 0.400. The van der Waals surface area contributed by atoms with Gasteiger partial charge in [0, 0.05) is 10.2 Å². The van der Waals surface area contributed by atoms with Gasteiger partial charge >= 0.3 is 0 Å². The second-order valence-corrected chi connectivity index (χ2v) is 5.51. The maximum Gasteiger partial charge on any atom is 0.124 e. The monoisotopic (exact) mass is 262 g/mol. The fourth-order valence-corrected chi connectivity index (χ4v) is 2.34. The van der Waals surface area contributed by atoms with Crippen molar-refractivity contribution in [2.45, 2.75) is 24.9 Å². The van der Waals surface area contributed by atoms with Gasteiger partial charge in [0.25, 0.3) is 0 Å². The van der Waals surface area contributed by atoms with Crippen LogP contribution >= 0.6 is 27.7 Å². The van der Waals surface area contributed by atoms with Gasteiger partial charge in [-0.05, 0) is 22.9 Å². The molecule has 1 rings (SSSR count). The Morgan fingerprint density at radius 1 is 1.46 bits per heavy atom. The minimum absolute atomic E-state index is 0.190. The molecule has 0 amide bonds. The summed E-state index contributed by atoms with van der Waals surface area (Å²) in [6, 6.07) is 4.84. The topological polar surface area (TPSA) is 0 Å². The molecule has 0 aliphatic carbocycles. The summed E-state index contributed by atoms with van der Waals surface area (Å²) in [4.78, 5) is 0.